The Bertz CT molecular complexity index is 459. The highest BCUT2D eigenvalue weighted by Crippen LogP contribution is 2.48. The van der Waals surface area contributed by atoms with Crippen molar-refractivity contribution in [2.75, 3.05) is 13.1 Å². The van der Waals surface area contributed by atoms with Crippen LogP contribution in [0.5, 0.6) is 0 Å². The number of hydrogen-bond donors (Lipinski definition) is 1. The van der Waals surface area contributed by atoms with Crippen LogP contribution in [-0.2, 0) is 4.79 Å². The fourth-order valence-electron chi connectivity index (χ4n) is 3.13. The Balaban J connectivity index is 1.61. The second kappa shape index (κ2) is 4.97. The molecule has 3 nitrogen and oxygen atoms in total. The lowest BCUT2D eigenvalue weighted by molar-refractivity contribution is -0.134. The van der Waals surface area contributed by atoms with Crippen molar-refractivity contribution in [3.63, 3.8) is 0 Å². The van der Waals surface area contributed by atoms with E-state index in [0.29, 0.717) is 17.7 Å². The molecule has 2 N–H and O–H groups in total. The number of benzene rings is 1. The lowest BCUT2D eigenvalue weighted by Crippen LogP contribution is -2.48. The van der Waals surface area contributed by atoms with E-state index in [-0.39, 0.29) is 12.0 Å². The molecule has 1 saturated heterocycles. The Morgan fingerprint density at radius 3 is 2.74 bits per heavy atom. The van der Waals surface area contributed by atoms with Crippen LogP contribution in [-0.4, -0.2) is 29.9 Å². The molecule has 3 rings (SSSR count). The fraction of sp³-hybridized carbons (Fsp3) is 0.562. The van der Waals surface area contributed by atoms with Gasteiger partial charge in [-0.15, -0.1) is 0 Å². The van der Waals surface area contributed by atoms with E-state index in [4.69, 9.17) is 5.73 Å². The van der Waals surface area contributed by atoms with E-state index in [1.807, 2.05) is 11.0 Å². The van der Waals surface area contributed by atoms with Crippen LogP contribution in [0.25, 0.3) is 0 Å². The number of rotatable bonds is 2. The molecule has 1 aliphatic heterocycles. The Kier molecular flexibility index (Phi) is 3.31. The van der Waals surface area contributed by atoms with Crippen LogP contribution < -0.4 is 5.73 Å². The van der Waals surface area contributed by atoms with E-state index in [2.05, 4.69) is 31.2 Å². The summed E-state index contributed by atoms with van der Waals surface area (Å²) >= 11 is 0. The first-order valence-electron chi connectivity index (χ1n) is 7.26. The van der Waals surface area contributed by atoms with Gasteiger partial charge in [0.05, 0.1) is 0 Å². The van der Waals surface area contributed by atoms with Crippen LogP contribution in [0.4, 0.5) is 0 Å². The summed E-state index contributed by atoms with van der Waals surface area (Å²) in [5.41, 5.74) is 7.32. The van der Waals surface area contributed by atoms with Crippen LogP contribution in [0.2, 0.25) is 0 Å². The standard InChI is InChI=1S/C16H22N2O/c1-11-10-18(8-7-15(11)17)16(19)14-9-13(14)12-5-3-2-4-6-12/h2-6,11,13-15H,7-10,17H2,1H3. The van der Waals surface area contributed by atoms with Crippen molar-refractivity contribution in [3.8, 4) is 0 Å². The molecule has 0 radical (unpaired) electrons. The number of nitrogens with zero attached hydrogens (tertiary/aromatic N) is 1. The Morgan fingerprint density at radius 2 is 2.05 bits per heavy atom. The first kappa shape index (κ1) is 12.7. The topological polar surface area (TPSA) is 46.3 Å². The van der Waals surface area contributed by atoms with Crippen LogP contribution in [0.1, 0.15) is 31.2 Å². The minimum Gasteiger partial charge on any atom is -0.342 e. The fourth-order valence-corrected chi connectivity index (χ4v) is 3.13. The summed E-state index contributed by atoms with van der Waals surface area (Å²) in [6.07, 6.45) is 1.95. The SMILES string of the molecule is CC1CN(C(=O)C2CC2c2ccccc2)CCC1N. The molecule has 0 spiro atoms. The third-order valence-corrected chi connectivity index (χ3v) is 4.62. The van der Waals surface area contributed by atoms with Crippen LogP contribution in [0.3, 0.4) is 0 Å². The molecule has 1 amide bonds. The molecule has 19 heavy (non-hydrogen) atoms. The normalized spacial score (nSPS) is 34.1. The predicted molar refractivity (Wildman–Crippen MR) is 75.6 cm³/mol. The maximum atomic E-state index is 12.5. The second-order valence-electron chi connectivity index (χ2n) is 6.07. The van der Waals surface area contributed by atoms with Gasteiger partial charge in [-0.05, 0) is 30.2 Å². The minimum absolute atomic E-state index is 0.212. The molecule has 2 fully saturated rings. The van der Waals surface area contributed by atoms with Gasteiger partial charge in [0.1, 0.15) is 0 Å². The Labute approximate surface area is 114 Å². The number of carbonyl (C=O) groups excluding carboxylic acids is 1. The van der Waals surface area contributed by atoms with Crippen LogP contribution >= 0.6 is 0 Å². The summed E-state index contributed by atoms with van der Waals surface area (Å²) in [4.78, 5) is 14.5. The quantitative estimate of drug-likeness (QED) is 0.881. The lowest BCUT2D eigenvalue weighted by atomic mass is 9.94. The molecule has 0 aromatic heterocycles. The van der Waals surface area contributed by atoms with Crippen LogP contribution in [0, 0.1) is 11.8 Å². The molecule has 3 heteroatoms. The van der Waals surface area contributed by atoms with Crippen molar-refractivity contribution in [2.24, 2.45) is 17.6 Å². The highest BCUT2D eigenvalue weighted by atomic mass is 16.2. The van der Waals surface area contributed by atoms with Gasteiger partial charge in [-0.25, -0.2) is 0 Å². The number of carbonyl (C=O) groups is 1. The number of piperidine rings is 1. The number of amides is 1. The largest absolute Gasteiger partial charge is 0.342 e. The van der Waals surface area contributed by atoms with E-state index < -0.39 is 0 Å². The van der Waals surface area contributed by atoms with Crippen molar-refractivity contribution in [1.82, 2.24) is 4.90 Å². The maximum Gasteiger partial charge on any atom is 0.226 e. The highest BCUT2D eigenvalue weighted by Gasteiger charge is 2.46. The maximum absolute atomic E-state index is 12.5. The minimum atomic E-state index is 0.212. The van der Waals surface area contributed by atoms with E-state index in [9.17, 15) is 4.79 Å². The molecule has 1 aromatic carbocycles. The van der Waals surface area contributed by atoms with Crippen LogP contribution in [0.15, 0.2) is 30.3 Å². The Morgan fingerprint density at radius 1 is 1.32 bits per heavy atom. The first-order chi connectivity index (χ1) is 9.16. The average molecular weight is 258 g/mol. The third-order valence-electron chi connectivity index (χ3n) is 4.62. The van der Waals surface area contributed by atoms with Gasteiger partial charge >= 0.3 is 0 Å². The molecule has 1 saturated carbocycles. The number of likely N-dealkylation sites (tertiary alicyclic amines) is 1. The summed E-state index contributed by atoms with van der Waals surface area (Å²) in [5, 5.41) is 0. The summed E-state index contributed by atoms with van der Waals surface area (Å²) in [6, 6.07) is 10.7. The van der Waals surface area contributed by atoms with Crippen molar-refractivity contribution >= 4 is 5.91 Å². The van der Waals surface area contributed by atoms with E-state index >= 15 is 0 Å². The van der Waals surface area contributed by atoms with E-state index in [1.165, 1.54) is 5.56 Å². The lowest BCUT2D eigenvalue weighted by Gasteiger charge is -2.35. The van der Waals surface area contributed by atoms with Gasteiger partial charge in [-0.2, -0.15) is 0 Å². The predicted octanol–water partition coefficient (Wildman–Crippen LogP) is 1.99. The van der Waals surface area contributed by atoms with Crippen molar-refractivity contribution in [3.05, 3.63) is 35.9 Å². The summed E-state index contributed by atoms with van der Waals surface area (Å²) < 4.78 is 0. The van der Waals surface area contributed by atoms with Gasteiger partial charge in [0.2, 0.25) is 5.91 Å². The second-order valence-corrected chi connectivity index (χ2v) is 6.07. The molecule has 1 heterocycles. The van der Waals surface area contributed by atoms with Gasteiger partial charge in [-0.1, -0.05) is 37.3 Å². The van der Waals surface area contributed by atoms with Crippen molar-refractivity contribution in [2.45, 2.75) is 31.7 Å². The van der Waals surface area contributed by atoms with Gasteiger partial charge in [-0.3, -0.25) is 4.79 Å². The molecule has 102 valence electrons. The summed E-state index contributed by atoms with van der Waals surface area (Å²) in [5.74, 6) is 1.42. The molecule has 4 atom stereocenters. The number of hydrogen-bond acceptors (Lipinski definition) is 2. The molecule has 2 aliphatic rings. The number of nitrogens with two attached hydrogens (primary N) is 1. The van der Waals surface area contributed by atoms with Crippen molar-refractivity contribution < 1.29 is 4.79 Å². The smallest absolute Gasteiger partial charge is 0.226 e. The average Bonchev–Trinajstić information content (AvgIpc) is 3.22. The zero-order valence-corrected chi connectivity index (χ0v) is 11.5. The molecule has 1 aliphatic carbocycles. The zero-order valence-electron chi connectivity index (χ0n) is 11.5. The zero-order chi connectivity index (χ0) is 13.4. The summed E-state index contributed by atoms with van der Waals surface area (Å²) in [7, 11) is 0. The third kappa shape index (κ3) is 2.52. The van der Waals surface area contributed by atoms with E-state index in [1.54, 1.807) is 0 Å². The molecule has 1 aromatic rings. The van der Waals surface area contributed by atoms with Gasteiger partial charge in [0.15, 0.2) is 0 Å². The molecule has 4 unspecified atom stereocenters. The first-order valence-corrected chi connectivity index (χ1v) is 7.26. The Hall–Kier alpha value is -1.35. The van der Waals surface area contributed by atoms with Gasteiger partial charge in [0.25, 0.3) is 0 Å². The molecule has 0 bridgehead atoms. The highest BCUT2D eigenvalue weighted by molar-refractivity contribution is 5.83. The molecular weight excluding hydrogens is 236 g/mol. The van der Waals surface area contributed by atoms with Gasteiger partial charge in [0, 0.05) is 25.0 Å². The monoisotopic (exact) mass is 258 g/mol. The van der Waals surface area contributed by atoms with E-state index in [0.717, 1.165) is 25.9 Å². The summed E-state index contributed by atoms with van der Waals surface area (Å²) in [6.45, 7) is 3.81. The van der Waals surface area contributed by atoms with Gasteiger partial charge < -0.3 is 10.6 Å². The molecular formula is C16H22N2O. The van der Waals surface area contributed by atoms with Crippen molar-refractivity contribution in [1.29, 1.82) is 0 Å².